The van der Waals surface area contributed by atoms with Crippen LogP contribution in [0.2, 0.25) is 0 Å². The lowest BCUT2D eigenvalue weighted by atomic mass is 10.0. The monoisotopic (exact) mass is 414 g/mol. The van der Waals surface area contributed by atoms with Crippen LogP contribution in [-0.2, 0) is 27.8 Å². The van der Waals surface area contributed by atoms with Gasteiger partial charge < -0.3 is 9.84 Å². The highest BCUT2D eigenvalue weighted by Gasteiger charge is 2.21. The molecule has 0 fully saturated rings. The van der Waals surface area contributed by atoms with E-state index in [2.05, 4.69) is 5.10 Å². The van der Waals surface area contributed by atoms with Crippen LogP contribution in [0.15, 0.2) is 60.9 Å². The number of nitrogens with zero attached hydrogens (tertiary/aromatic N) is 2. The second kappa shape index (κ2) is 8.48. The van der Waals surface area contributed by atoms with Crippen molar-refractivity contribution in [2.45, 2.75) is 32.1 Å². The molecular weight excluding hydrogens is 392 g/mol. The fraction of sp³-hybridized carbons (Fsp3) is 0.238. The van der Waals surface area contributed by atoms with Crippen LogP contribution in [0.4, 0.5) is 0 Å². The molecule has 0 aliphatic carbocycles. The highest BCUT2D eigenvalue weighted by molar-refractivity contribution is 7.90. The van der Waals surface area contributed by atoms with Crippen LogP contribution in [0, 0.1) is 0 Å². The zero-order valence-corrected chi connectivity index (χ0v) is 17.0. The predicted molar refractivity (Wildman–Crippen MR) is 109 cm³/mol. The fourth-order valence-electron chi connectivity index (χ4n) is 2.75. The number of carboxylic acid groups (broad SMARTS) is 1. The average Bonchev–Trinajstić information content (AvgIpc) is 3.18. The highest BCUT2D eigenvalue weighted by atomic mass is 32.2. The van der Waals surface area contributed by atoms with Crippen LogP contribution < -0.4 is 4.74 Å². The number of rotatable bonds is 8. The van der Waals surface area contributed by atoms with E-state index in [0.29, 0.717) is 29.0 Å². The van der Waals surface area contributed by atoms with E-state index in [4.69, 9.17) is 9.84 Å². The molecule has 1 heterocycles. The Hall–Kier alpha value is -3.13. The zero-order chi connectivity index (χ0) is 21.0. The maximum Gasteiger partial charge on any atom is 0.307 e. The summed E-state index contributed by atoms with van der Waals surface area (Å²) in [7, 11) is -3.59. The molecule has 0 saturated carbocycles. The Morgan fingerprint density at radius 1 is 1.14 bits per heavy atom. The van der Waals surface area contributed by atoms with Crippen molar-refractivity contribution >= 4 is 16.0 Å². The molecule has 8 heteroatoms. The largest absolute Gasteiger partial charge is 0.488 e. The summed E-state index contributed by atoms with van der Waals surface area (Å²) in [5.74, 6) is -0.434. The molecule has 0 aliphatic heterocycles. The molecule has 0 bridgehead atoms. The molecule has 3 rings (SSSR count). The lowest BCUT2D eigenvalue weighted by Gasteiger charge is -2.12. The van der Waals surface area contributed by atoms with Crippen LogP contribution in [0.3, 0.4) is 0 Å². The lowest BCUT2D eigenvalue weighted by Crippen LogP contribution is -2.22. The normalized spacial score (nSPS) is 11.6. The van der Waals surface area contributed by atoms with Gasteiger partial charge >= 0.3 is 5.97 Å². The Balaban J connectivity index is 1.98. The SMILES string of the molecule is CC(C)S(=O)(=O)n1cc(-c2cc(CC(=O)O)ccc2OCc2ccccc2)cn1. The molecule has 3 aromatic rings. The van der Waals surface area contributed by atoms with Crippen molar-refractivity contribution in [3.05, 3.63) is 72.1 Å². The van der Waals surface area contributed by atoms with Crippen LogP contribution in [0.25, 0.3) is 11.1 Å². The first kappa shape index (κ1) is 20.6. The third-order valence-electron chi connectivity index (χ3n) is 4.36. The number of benzene rings is 2. The van der Waals surface area contributed by atoms with Crippen molar-refractivity contribution in [3.63, 3.8) is 0 Å². The van der Waals surface area contributed by atoms with Gasteiger partial charge in [0.05, 0.1) is 24.1 Å². The minimum Gasteiger partial charge on any atom is -0.488 e. The van der Waals surface area contributed by atoms with Gasteiger partial charge in [0.1, 0.15) is 12.4 Å². The predicted octanol–water partition coefficient (Wildman–Crippen LogP) is 3.34. The van der Waals surface area contributed by atoms with E-state index in [1.54, 1.807) is 32.0 Å². The highest BCUT2D eigenvalue weighted by Crippen LogP contribution is 2.32. The molecule has 0 radical (unpaired) electrons. The summed E-state index contributed by atoms with van der Waals surface area (Å²) in [5.41, 5.74) is 2.68. The van der Waals surface area contributed by atoms with Gasteiger partial charge in [-0.05, 0) is 37.1 Å². The number of ether oxygens (including phenoxy) is 1. The molecule has 1 N–H and O–H groups in total. The van der Waals surface area contributed by atoms with E-state index in [9.17, 15) is 13.2 Å². The molecule has 2 aromatic carbocycles. The Bertz CT molecular complexity index is 1110. The smallest absolute Gasteiger partial charge is 0.307 e. The Morgan fingerprint density at radius 2 is 1.86 bits per heavy atom. The molecule has 152 valence electrons. The summed E-state index contributed by atoms with van der Waals surface area (Å²) in [5, 5.41) is 12.5. The third-order valence-corrected chi connectivity index (χ3v) is 6.28. The van der Waals surface area contributed by atoms with Gasteiger partial charge in [-0.1, -0.05) is 36.4 Å². The summed E-state index contributed by atoms with van der Waals surface area (Å²) in [6, 6.07) is 14.7. The maximum absolute atomic E-state index is 12.4. The first-order valence-electron chi connectivity index (χ1n) is 9.08. The second-order valence-electron chi connectivity index (χ2n) is 6.87. The Kier molecular flexibility index (Phi) is 6.03. The average molecular weight is 414 g/mol. The van der Waals surface area contributed by atoms with Gasteiger partial charge in [0.2, 0.25) is 0 Å². The summed E-state index contributed by atoms with van der Waals surface area (Å²) in [6.07, 6.45) is 2.71. The molecule has 29 heavy (non-hydrogen) atoms. The molecule has 0 aliphatic rings. The minimum atomic E-state index is -3.59. The molecule has 0 amide bonds. The number of hydrogen-bond donors (Lipinski definition) is 1. The number of aromatic nitrogens is 2. The van der Waals surface area contributed by atoms with Crippen molar-refractivity contribution < 1.29 is 23.1 Å². The van der Waals surface area contributed by atoms with E-state index in [1.165, 1.54) is 12.4 Å². The summed E-state index contributed by atoms with van der Waals surface area (Å²) in [4.78, 5) is 11.1. The molecule has 0 atom stereocenters. The van der Waals surface area contributed by atoms with Crippen molar-refractivity contribution in [3.8, 4) is 16.9 Å². The number of aliphatic carboxylic acids is 1. The van der Waals surface area contributed by atoms with Crippen LogP contribution in [0.1, 0.15) is 25.0 Å². The Morgan fingerprint density at radius 3 is 2.52 bits per heavy atom. The number of carbonyl (C=O) groups is 1. The van der Waals surface area contributed by atoms with Gasteiger partial charge in [-0.25, -0.2) is 8.42 Å². The third kappa shape index (κ3) is 4.83. The number of hydrogen-bond acceptors (Lipinski definition) is 5. The van der Waals surface area contributed by atoms with Crippen LogP contribution in [-0.4, -0.2) is 33.9 Å². The topological polar surface area (TPSA) is 98.5 Å². The van der Waals surface area contributed by atoms with Gasteiger partial charge in [-0.2, -0.15) is 9.19 Å². The van der Waals surface area contributed by atoms with Crippen LogP contribution >= 0.6 is 0 Å². The van der Waals surface area contributed by atoms with Gasteiger partial charge in [0.15, 0.2) is 0 Å². The molecule has 1 aromatic heterocycles. The van der Waals surface area contributed by atoms with E-state index in [1.807, 2.05) is 30.3 Å². The number of carboxylic acids is 1. The van der Waals surface area contributed by atoms with Gasteiger partial charge in [0, 0.05) is 11.1 Å². The van der Waals surface area contributed by atoms with Crippen LogP contribution in [0.5, 0.6) is 5.75 Å². The lowest BCUT2D eigenvalue weighted by molar-refractivity contribution is -0.136. The fourth-order valence-corrected chi connectivity index (χ4v) is 3.62. The van der Waals surface area contributed by atoms with Crippen molar-refractivity contribution in [1.82, 2.24) is 9.19 Å². The summed E-state index contributed by atoms with van der Waals surface area (Å²) in [6.45, 7) is 3.49. The molecule has 0 saturated heterocycles. The zero-order valence-electron chi connectivity index (χ0n) is 16.1. The van der Waals surface area contributed by atoms with E-state index in [0.717, 1.165) is 9.65 Å². The van der Waals surface area contributed by atoms with Gasteiger partial charge in [-0.15, -0.1) is 0 Å². The quantitative estimate of drug-likeness (QED) is 0.607. The molecular formula is C21H22N2O5S. The molecule has 0 unspecified atom stereocenters. The first-order valence-corrected chi connectivity index (χ1v) is 10.6. The summed E-state index contributed by atoms with van der Waals surface area (Å²) >= 11 is 0. The van der Waals surface area contributed by atoms with Crippen molar-refractivity contribution in [1.29, 1.82) is 0 Å². The first-order chi connectivity index (χ1) is 13.8. The molecule has 7 nitrogen and oxygen atoms in total. The summed E-state index contributed by atoms with van der Waals surface area (Å²) < 4.78 is 31.6. The van der Waals surface area contributed by atoms with E-state index >= 15 is 0 Å². The maximum atomic E-state index is 12.4. The van der Waals surface area contributed by atoms with Gasteiger partial charge in [-0.3, -0.25) is 4.79 Å². The van der Waals surface area contributed by atoms with Crippen molar-refractivity contribution in [2.24, 2.45) is 0 Å². The molecule has 0 spiro atoms. The second-order valence-corrected chi connectivity index (χ2v) is 9.22. The Labute approximate surface area is 169 Å². The van der Waals surface area contributed by atoms with E-state index < -0.39 is 21.2 Å². The van der Waals surface area contributed by atoms with Gasteiger partial charge in [0.25, 0.3) is 10.0 Å². The van der Waals surface area contributed by atoms with Crippen molar-refractivity contribution in [2.75, 3.05) is 0 Å². The minimum absolute atomic E-state index is 0.148. The standard InChI is InChI=1S/C21H22N2O5S/c1-15(2)29(26,27)23-13-18(12-22-23)19-10-17(11-21(24)25)8-9-20(19)28-14-16-6-4-3-5-7-16/h3-10,12-13,15H,11,14H2,1-2H3,(H,24,25). The van der Waals surface area contributed by atoms with E-state index in [-0.39, 0.29) is 6.42 Å².